The number of benzene rings is 2. The van der Waals surface area contributed by atoms with Crippen molar-refractivity contribution in [1.82, 2.24) is 16.1 Å². The molecule has 0 aliphatic rings. The van der Waals surface area contributed by atoms with Gasteiger partial charge < -0.3 is 21.5 Å². The fourth-order valence-corrected chi connectivity index (χ4v) is 2.64. The molecule has 2 aromatic carbocycles. The molecule has 0 aromatic heterocycles. The Hall–Kier alpha value is -3.22. The van der Waals surface area contributed by atoms with E-state index in [0.29, 0.717) is 12.1 Å². The molecule has 158 valence electrons. The molecule has 8 heteroatoms. The van der Waals surface area contributed by atoms with Crippen LogP contribution >= 0.6 is 0 Å². The minimum absolute atomic E-state index is 0.296. The number of hydroxylamine groups is 1. The second kappa shape index (κ2) is 11.7. The summed E-state index contributed by atoms with van der Waals surface area (Å²) >= 11 is 0. The Kier molecular flexibility index (Phi) is 9.00. The number of aliphatic hydroxyl groups is 1. The number of amides is 2. The van der Waals surface area contributed by atoms with Crippen LogP contribution in [-0.2, 0) is 11.3 Å². The molecule has 7 N–H and O–H groups in total. The highest BCUT2D eigenvalue weighted by molar-refractivity contribution is 5.97. The largest absolute Gasteiger partial charge is 0.391 e. The van der Waals surface area contributed by atoms with Gasteiger partial charge in [-0.25, -0.2) is 5.48 Å². The molecule has 8 nitrogen and oxygen atoms in total. The number of carbonyl (C=O) groups excluding carboxylic acids is 2. The third-order valence-corrected chi connectivity index (χ3v) is 4.24. The van der Waals surface area contributed by atoms with Gasteiger partial charge in [0.25, 0.3) is 11.8 Å². The highest BCUT2D eigenvalue weighted by atomic mass is 16.5. The molecule has 0 saturated heterocycles. The molecule has 0 heterocycles. The number of nitrogens with two attached hydrogens (primary N) is 1. The minimum Gasteiger partial charge on any atom is -0.391 e. The Morgan fingerprint density at radius 1 is 1.10 bits per heavy atom. The van der Waals surface area contributed by atoms with Crippen molar-refractivity contribution >= 4 is 11.8 Å². The van der Waals surface area contributed by atoms with Gasteiger partial charge in [0.05, 0.1) is 6.10 Å². The topological polar surface area (TPSA) is 137 Å². The predicted octanol–water partition coefficient (Wildman–Crippen LogP) is 0.119. The molecule has 2 amide bonds. The van der Waals surface area contributed by atoms with E-state index in [9.17, 15) is 14.7 Å². The fraction of sp³-hybridized carbons (Fsp3) is 0.273. The Morgan fingerprint density at radius 3 is 2.43 bits per heavy atom. The number of hydrogen-bond acceptors (Lipinski definition) is 6. The lowest BCUT2D eigenvalue weighted by Crippen LogP contribution is -2.51. The SMILES string of the molecule is C[C@@H](O)[C@H](NC(=O)c1ccc(C#Cc2cccc(CNCCN)c2)cc1)C(=O)NO. The van der Waals surface area contributed by atoms with E-state index in [2.05, 4.69) is 22.5 Å². The summed E-state index contributed by atoms with van der Waals surface area (Å²) < 4.78 is 0. The summed E-state index contributed by atoms with van der Waals surface area (Å²) in [6, 6.07) is 13.1. The second-order valence-electron chi connectivity index (χ2n) is 6.66. The Morgan fingerprint density at radius 2 is 1.80 bits per heavy atom. The first kappa shape index (κ1) is 23.1. The Balaban J connectivity index is 2.04. The van der Waals surface area contributed by atoms with Gasteiger partial charge >= 0.3 is 0 Å². The van der Waals surface area contributed by atoms with E-state index in [0.717, 1.165) is 29.8 Å². The molecule has 0 spiro atoms. The quantitative estimate of drug-likeness (QED) is 0.158. The first-order valence-electron chi connectivity index (χ1n) is 9.49. The maximum atomic E-state index is 12.3. The first-order chi connectivity index (χ1) is 14.4. The summed E-state index contributed by atoms with van der Waals surface area (Å²) in [5, 5.41) is 23.9. The molecule has 0 bridgehead atoms. The monoisotopic (exact) mass is 410 g/mol. The summed E-state index contributed by atoms with van der Waals surface area (Å²) in [6.45, 7) is 3.39. The normalized spacial score (nSPS) is 12.3. The molecule has 0 unspecified atom stereocenters. The summed E-state index contributed by atoms with van der Waals surface area (Å²) in [5.74, 6) is 4.69. The zero-order valence-corrected chi connectivity index (χ0v) is 16.7. The lowest BCUT2D eigenvalue weighted by atomic mass is 10.1. The molecule has 0 fully saturated rings. The second-order valence-corrected chi connectivity index (χ2v) is 6.66. The van der Waals surface area contributed by atoms with E-state index in [1.54, 1.807) is 24.3 Å². The Labute approximate surface area is 175 Å². The van der Waals surface area contributed by atoms with Crippen LogP contribution in [0.25, 0.3) is 0 Å². The van der Waals surface area contributed by atoms with Crippen molar-refractivity contribution in [2.24, 2.45) is 5.73 Å². The van der Waals surface area contributed by atoms with Gasteiger partial charge in [0, 0.05) is 36.3 Å². The molecule has 2 rings (SSSR count). The molecule has 30 heavy (non-hydrogen) atoms. The third-order valence-electron chi connectivity index (χ3n) is 4.24. The zero-order chi connectivity index (χ0) is 21.9. The van der Waals surface area contributed by atoms with Gasteiger partial charge in [-0.1, -0.05) is 24.0 Å². The van der Waals surface area contributed by atoms with E-state index < -0.39 is 24.0 Å². The van der Waals surface area contributed by atoms with Crippen LogP contribution in [0, 0.1) is 11.8 Å². The van der Waals surface area contributed by atoms with Crippen molar-refractivity contribution in [2.45, 2.75) is 25.6 Å². The van der Waals surface area contributed by atoms with Crippen LogP contribution < -0.4 is 21.8 Å². The van der Waals surface area contributed by atoms with Crippen molar-refractivity contribution in [3.8, 4) is 11.8 Å². The van der Waals surface area contributed by atoms with Crippen LogP contribution in [0.1, 0.15) is 34.0 Å². The lowest BCUT2D eigenvalue weighted by molar-refractivity contribution is -0.133. The van der Waals surface area contributed by atoms with E-state index in [-0.39, 0.29) is 0 Å². The molecule has 2 atom stereocenters. The highest BCUT2D eigenvalue weighted by Gasteiger charge is 2.25. The van der Waals surface area contributed by atoms with Crippen molar-refractivity contribution in [1.29, 1.82) is 0 Å². The Bertz CT molecular complexity index is 917. The molecule has 2 aromatic rings. The van der Waals surface area contributed by atoms with Crippen LogP contribution in [0.5, 0.6) is 0 Å². The number of rotatable bonds is 8. The van der Waals surface area contributed by atoms with Crippen LogP contribution in [0.2, 0.25) is 0 Å². The molecular formula is C22H26N4O4. The molecule has 0 aliphatic heterocycles. The van der Waals surface area contributed by atoms with E-state index >= 15 is 0 Å². The summed E-state index contributed by atoms with van der Waals surface area (Å²) in [6.07, 6.45) is -1.17. The third kappa shape index (κ3) is 6.99. The number of hydrogen-bond donors (Lipinski definition) is 6. The van der Waals surface area contributed by atoms with Gasteiger partial charge in [-0.15, -0.1) is 0 Å². The highest BCUT2D eigenvalue weighted by Crippen LogP contribution is 2.07. The van der Waals surface area contributed by atoms with E-state index in [1.807, 2.05) is 24.3 Å². The first-order valence-corrected chi connectivity index (χ1v) is 9.49. The van der Waals surface area contributed by atoms with Gasteiger partial charge in [0.1, 0.15) is 6.04 Å². The summed E-state index contributed by atoms with van der Waals surface area (Å²) in [4.78, 5) is 23.8. The van der Waals surface area contributed by atoms with Crippen molar-refractivity contribution in [3.05, 3.63) is 70.8 Å². The van der Waals surface area contributed by atoms with Crippen LogP contribution in [-0.4, -0.2) is 47.4 Å². The maximum Gasteiger partial charge on any atom is 0.268 e. The van der Waals surface area contributed by atoms with Gasteiger partial charge in [0.15, 0.2) is 0 Å². The number of carbonyl (C=O) groups is 2. The van der Waals surface area contributed by atoms with Crippen LogP contribution in [0.15, 0.2) is 48.5 Å². The number of aliphatic hydroxyl groups excluding tert-OH is 1. The molecule has 0 saturated carbocycles. The van der Waals surface area contributed by atoms with Crippen molar-refractivity contribution in [3.63, 3.8) is 0 Å². The van der Waals surface area contributed by atoms with Gasteiger partial charge in [-0.3, -0.25) is 14.8 Å². The van der Waals surface area contributed by atoms with E-state index in [1.165, 1.54) is 12.4 Å². The smallest absolute Gasteiger partial charge is 0.268 e. The van der Waals surface area contributed by atoms with Crippen molar-refractivity contribution in [2.75, 3.05) is 13.1 Å². The lowest BCUT2D eigenvalue weighted by Gasteiger charge is -2.19. The summed E-state index contributed by atoms with van der Waals surface area (Å²) in [5.41, 5.74) is 9.90. The molecule has 0 aliphatic carbocycles. The van der Waals surface area contributed by atoms with Crippen LogP contribution in [0.4, 0.5) is 0 Å². The maximum absolute atomic E-state index is 12.3. The van der Waals surface area contributed by atoms with Crippen molar-refractivity contribution < 1.29 is 19.9 Å². The minimum atomic E-state index is -1.27. The van der Waals surface area contributed by atoms with Crippen LogP contribution in [0.3, 0.4) is 0 Å². The number of nitrogens with one attached hydrogen (secondary N) is 3. The van der Waals surface area contributed by atoms with Gasteiger partial charge in [-0.2, -0.15) is 0 Å². The van der Waals surface area contributed by atoms with Gasteiger partial charge in [-0.05, 0) is 48.9 Å². The fourth-order valence-electron chi connectivity index (χ4n) is 2.64. The molecule has 0 radical (unpaired) electrons. The standard InChI is InChI=1S/C22H26N4O4/c1-15(27)20(22(29)26-30)25-21(28)19-9-7-16(8-10-19)5-6-17-3-2-4-18(13-17)14-24-12-11-23/h2-4,7-10,13,15,20,24,27,30H,11-12,14,23H2,1H3,(H,25,28)(H,26,29)/t15-,20+/m1/s1. The van der Waals surface area contributed by atoms with Gasteiger partial charge in [0.2, 0.25) is 0 Å². The van der Waals surface area contributed by atoms with E-state index in [4.69, 9.17) is 10.9 Å². The summed E-state index contributed by atoms with van der Waals surface area (Å²) in [7, 11) is 0. The zero-order valence-electron chi connectivity index (χ0n) is 16.7. The average Bonchev–Trinajstić information content (AvgIpc) is 2.76. The predicted molar refractivity (Wildman–Crippen MR) is 112 cm³/mol. The molecular weight excluding hydrogens is 384 g/mol. The average molecular weight is 410 g/mol.